The van der Waals surface area contributed by atoms with E-state index in [0.29, 0.717) is 38.5 Å². The lowest BCUT2D eigenvalue weighted by molar-refractivity contribution is -0.122. The number of carbonyl (C=O) groups is 2. The summed E-state index contributed by atoms with van der Waals surface area (Å²) in [6.45, 7) is 2.19. The Hall–Kier alpha value is -2.84. The summed E-state index contributed by atoms with van der Waals surface area (Å²) in [6.07, 6.45) is 1.71. The number of nitrogens with zero attached hydrogens (tertiary/aromatic N) is 1. The smallest absolute Gasteiger partial charge is 0.266 e. The van der Waals surface area contributed by atoms with E-state index in [1.54, 1.807) is 41.3 Å². The van der Waals surface area contributed by atoms with Gasteiger partial charge in [-0.3, -0.25) is 14.5 Å². The molecule has 0 aliphatic carbocycles. The van der Waals surface area contributed by atoms with E-state index < -0.39 is 0 Å². The number of hydrogen-bond donors (Lipinski definition) is 1. The van der Waals surface area contributed by atoms with Crippen LogP contribution in [0.5, 0.6) is 11.5 Å². The summed E-state index contributed by atoms with van der Waals surface area (Å²) >= 11 is 6.50. The highest BCUT2D eigenvalue weighted by Gasteiger charge is 2.31. The van der Waals surface area contributed by atoms with Gasteiger partial charge in [0.05, 0.1) is 12.0 Å². The Morgan fingerprint density at radius 1 is 1.21 bits per heavy atom. The molecular formula is C21H20N2O4S2. The average molecular weight is 429 g/mol. The van der Waals surface area contributed by atoms with Gasteiger partial charge < -0.3 is 14.8 Å². The van der Waals surface area contributed by atoms with Crippen molar-refractivity contribution in [3.05, 3.63) is 59.0 Å². The van der Waals surface area contributed by atoms with Crippen molar-refractivity contribution in [2.45, 2.75) is 6.92 Å². The van der Waals surface area contributed by atoms with E-state index in [1.165, 1.54) is 18.9 Å². The molecule has 150 valence electrons. The monoisotopic (exact) mass is 428 g/mol. The molecule has 29 heavy (non-hydrogen) atoms. The fourth-order valence-electron chi connectivity index (χ4n) is 2.73. The molecular weight excluding hydrogens is 408 g/mol. The molecule has 0 unspecified atom stereocenters. The largest absolute Gasteiger partial charge is 0.493 e. The zero-order valence-electron chi connectivity index (χ0n) is 16.0. The highest BCUT2D eigenvalue weighted by atomic mass is 32.2. The predicted molar refractivity (Wildman–Crippen MR) is 119 cm³/mol. The first-order valence-corrected chi connectivity index (χ1v) is 10.2. The Morgan fingerprint density at radius 2 is 1.97 bits per heavy atom. The second-order valence-corrected chi connectivity index (χ2v) is 7.68. The lowest BCUT2D eigenvalue weighted by Crippen LogP contribution is -2.27. The number of ether oxygens (including phenoxy) is 2. The van der Waals surface area contributed by atoms with Gasteiger partial charge in [0.2, 0.25) is 0 Å². The van der Waals surface area contributed by atoms with Crippen LogP contribution < -0.4 is 14.8 Å². The molecule has 1 fully saturated rings. The molecule has 1 heterocycles. The standard InChI is InChI=1S/C21H20N2O4S2/c1-3-23-20(25)17(29-21(23)28)12-14-8-7-11-16(26-2)19(14)27-13-18(24)22-15-9-5-4-6-10-15/h4-12H,3,13H2,1-2H3,(H,22,24)/b17-12-. The quantitative estimate of drug-likeness (QED) is 0.532. The number of thioether (sulfide) groups is 1. The minimum absolute atomic E-state index is 0.141. The summed E-state index contributed by atoms with van der Waals surface area (Å²) in [4.78, 5) is 26.8. The number of methoxy groups -OCH3 is 1. The predicted octanol–water partition coefficient (Wildman–Crippen LogP) is 3.93. The molecule has 0 spiro atoms. The molecule has 0 bridgehead atoms. The van der Waals surface area contributed by atoms with Gasteiger partial charge in [-0.1, -0.05) is 54.3 Å². The second kappa shape index (κ2) is 9.58. The van der Waals surface area contributed by atoms with Gasteiger partial charge in [-0.15, -0.1) is 0 Å². The Labute approximate surface area is 178 Å². The maximum atomic E-state index is 12.5. The van der Waals surface area contributed by atoms with Crippen LogP contribution in [0.1, 0.15) is 12.5 Å². The van der Waals surface area contributed by atoms with Crippen molar-refractivity contribution in [2.75, 3.05) is 25.6 Å². The van der Waals surface area contributed by atoms with Crippen molar-refractivity contribution in [3.63, 3.8) is 0 Å². The van der Waals surface area contributed by atoms with E-state index in [2.05, 4.69) is 5.32 Å². The molecule has 3 rings (SSSR count). The van der Waals surface area contributed by atoms with Crippen LogP contribution in [-0.4, -0.2) is 41.3 Å². The van der Waals surface area contributed by atoms with Gasteiger partial charge in [0.15, 0.2) is 18.1 Å². The van der Waals surface area contributed by atoms with E-state index >= 15 is 0 Å². The van der Waals surface area contributed by atoms with Crippen LogP contribution in [0.15, 0.2) is 53.4 Å². The number of para-hydroxylation sites is 2. The number of rotatable bonds is 7. The minimum Gasteiger partial charge on any atom is -0.493 e. The van der Waals surface area contributed by atoms with Crippen molar-refractivity contribution >= 4 is 51.9 Å². The molecule has 0 saturated carbocycles. The third-order valence-electron chi connectivity index (χ3n) is 4.11. The van der Waals surface area contributed by atoms with E-state index in [0.717, 1.165) is 0 Å². The molecule has 2 aromatic carbocycles. The lowest BCUT2D eigenvalue weighted by Gasteiger charge is -2.14. The molecule has 8 heteroatoms. The van der Waals surface area contributed by atoms with Crippen molar-refractivity contribution in [1.82, 2.24) is 4.90 Å². The topological polar surface area (TPSA) is 67.9 Å². The first-order chi connectivity index (χ1) is 14.0. The summed E-state index contributed by atoms with van der Waals surface area (Å²) < 4.78 is 11.7. The average Bonchev–Trinajstić information content (AvgIpc) is 2.99. The number of carbonyl (C=O) groups excluding carboxylic acids is 2. The fraction of sp³-hybridized carbons (Fsp3) is 0.190. The molecule has 6 nitrogen and oxygen atoms in total. The number of hydrogen-bond acceptors (Lipinski definition) is 6. The van der Waals surface area contributed by atoms with Gasteiger partial charge in [-0.25, -0.2) is 0 Å². The molecule has 1 aliphatic rings. The number of likely N-dealkylation sites (N-methyl/N-ethyl adjacent to an activating group) is 1. The summed E-state index contributed by atoms with van der Waals surface area (Å²) in [5.74, 6) is 0.417. The van der Waals surface area contributed by atoms with Gasteiger partial charge in [0, 0.05) is 17.8 Å². The zero-order valence-corrected chi connectivity index (χ0v) is 17.6. The number of benzene rings is 2. The third kappa shape index (κ3) is 4.96. The first-order valence-electron chi connectivity index (χ1n) is 8.93. The normalized spacial score (nSPS) is 15.0. The molecule has 0 aromatic heterocycles. The maximum Gasteiger partial charge on any atom is 0.266 e. The molecule has 2 amide bonds. The SMILES string of the molecule is CCN1C(=O)/C(=C/c2cccc(OC)c2OCC(=O)Nc2ccccc2)SC1=S. The molecule has 1 aliphatic heterocycles. The summed E-state index contributed by atoms with van der Waals surface area (Å²) in [5, 5.41) is 2.77. The van der Waals surface area contributed by atoms with Gasteiger partial charge in [0.1, 0.15) is 4.32 Å². The van der Waals surface area contributed by atoms with Crippen molar-refractivity contribution in [2.24, 2.45) is 0 Å². The minimum atomic E-state index is -0.301. The van der Waals surface area contributed by atoms with Crippen LogP contribution in [-0.2, 0) is 9.59 Å². The Bertz CT molecular complexity index is 960. The summed E-state index contributed by atoms with van der Waals surface area (Å²) in [6, 6.07) is 14.5. The van der Waals surface area contributed by atoms with Gasteiger partial charge in [0.25, 0.3) is 11.8 Å². The van der Waals surface area contributed by atoms with Crippen LogP contribution >= 0.6 is 24.0 Å². The van der Waals surface area contributed by atoms with Crippen LogP contribution in [0.4, 0.5) is 5.69 Å². The molecule has 2 aromatic rings. The Balaban J connectivity index is 1.80. The van der Waals surface area contributed by atoms with Crippen LogP contribution in [0, 0.1) is 0 Å². The molecule has 0 radical (unpaired) electrons. The van der Waals surface area contributed by atoms with Crippen molar-refractivity contribution < 1.29 is 19.1 Å². The molecule has 0 atom stereocenters. The first kappa shape index (κ1) is 20.9. The third-order valence-corrected chi connectivity index (χ3v) is 5.49. The van der Waals surface area contributed by atoms with Gasteiger partial charge in [-0.05, 0) is 31.2 Å². The maximum absolute atomic E-state index is 12.5. The summed E-state index contributed by atoms with van der Waals surface area (Å²) in [7, 11) is 1.52. The van der Waals surface area contributed by atoms with Crippen LogP contribution in [0.3, 0.4) is 0 Å². The van der Waals surface area contributed by atoms with Gasteiger partial charge in [-0.2, -0.15) is 0 Å². The van der Waals surface area contributed by atoms with E-state index in [-0.39, 0.29) is 18.4 Å². The number of nitrogens with one attached hydrogen (secondary N) is 1. The molecule has 1 saturated heterocycles. The van der Waals surface area contributed by atoms with Crippen LogP contribution in [0.2, 0.25) is 0 Å². The Morgan fingerprint density at radius 3 is 2.62 bits per heavy atom. The number of amides is 2. The van der Waals surface area contributed by atoms with Crippen molar-refractivity contribution in [1.29, 1.82) is 0 Å². The number of anilines is 1. The van der Waals surface area contributed by atoms with E-state index in [9.17, 15) is 9.59 Å². The van der Waals surface area contributed by atoms with Crippen molar-refractivity contribution in [3.8, 4) is 11.5 Å². The highest BCUT2D eigenvalue weighted by molar-refractivity contribution is 8.26. The second-order valence-electron chi connectivity index (χ2n) is 6.01. The molecule has 1 N–H and O–H groups in total. The lowest BCUT2D eigenvalue weighted by atomic mass is 10.1. The van der Waals surface area contributed by atoms with Gasteiger partial charge >= 0.3 is 0 Å². The Kier molecular flexibility index (Phi) is 6.90. The summed E-state index contributed by atoms with van der Waals surface area (Å²) in [5.41, 5.74) is 1.32. The number of thiocarbonyl (C=S) groups is 1. The van der Waals surface area contributed by atoms with E-state index in [4.69, 9.17) is 21.7 Å². The zero-order chi connectivity index (χ0) is 20.8. The van der Waals surface area contributed by atoms with Crippen LogP contribution in [0.25, 0.3) is 6.08 Å². The van der Waals surface area contributed by atoms with E-state index in [1.807, 2.05) is 25.1 Å². The highest BCUT2D eigenvalue weighted by Crippen LogP contribution is 2.37. The fourth-order valence-corrected chi connectivity index (χ4v) is 4.11.